The minimum Gasteiger partial charge on any atom is -0.497 e. The van der Waals surface area contributed by atoms with E-state index < -0.39 is 17.3 Å². The number of pyridine rings is 1. The molecule has 0 aliphatic heterocycles. The van der Waals surface area contributed by atoms with Crippen LogP contribution in [0.3, 0.4) is 0 Å². The van der Waals surface area contributed by atoms with Crippen LogP contribution in [0.1, 0.15) is 18.5 Å². The summed E-state index contributed by atoms with van der Waals surface area (Å²) >= 11 is 0. The molecule has 0 bridgehead atoms. The van der Waals surface area contributed by atoms with Crippen molar-refractivity contribution in [2.75, 3.05) is 7.11 Å². The van der Waals surface area contributed by atoms with E-state index in [9.17, 15) is 14.4 Å². The van der Waals surface area contributed by atoms with Gasteiger partial charge in [-0.3, -0.25) is 19.1 Å². The van der Waals surface area contributed by atoms with Crippen LogP contribution in [0.15, 0.2) is 82.6 Å². The Morgan fingerprint density at radius 3 is 2.66 bits per heavy atom. The molecule has 0 aliphatic carbocycles. The number of para-hydroxylation sites is 1. The summed E-state index contributed by atoms with van der Waals surface area (Å²) in [5, 5.41) is 3.17. The van der Waals surface area contributed by atoms with E-state index in [1.807, 2.05) is 6.07 Å². The van der Waals surface area contributed by atoms with Crippen molar-refractivity contribution in [3.05, 3.63) is 99.5 Å². The third kappa shape index (κ3) is 3.90. The molecule has 4 rings (SSSR count). The second kappa shape index (κ2) is 8.89. The van der Waals surface area contributed by atoms with Crippen LogP contribution in [0.4, 0.5) is 0 Å². The molecule has 0 radical (unpaired) electrons. The van der Waals surface area contributed by atoms with Gasteiger partial charge in [-0.15, -0.1) is 0 Å². The highest BCUT2D eigenvalue weighted by atomic mass is 16.5. The molecule has 0 spiro atoms. The summed E-state index contributed by atoms with van der Waals surface area (Å²) in [6.45, 7) is 1.91. The lowest BCUT2D eigenvalue weighted by Gasteiger charge is -2.19. The molecule has 0 saturated heterocycles. The Morgan fingerprint density at radius 2 is 1.91 bits per heavy atom. The van der Waals surface area contributed by atoms with Gasteiger partial charge < -0.3 is 10.1 Å². The Balaban J connectivity index is 1.82. The van der Waals surface area contributed by atoms with Gasteiger partial charge in [0, 0.05) is 25.0 Å². The Morgan fingerprint density at radius 1 is 1.09 bits per heavy atom. The fraction of sp³-hybridized carbons (Fsp3) is 0.167. The molecule has 0 saturated carbocycles. The Bertz CT molecular complexity index is 1390. The van der Waals surface area contributed by atoms with Crippen LogP contribution in [-0.2, 0) is 11.3 Å². The van der Waals surface area contributed by atoms with Crippen LogP contribution < -0.4 is 21.3 Å². The minimum absolute atomic E-state index is 0.277. The number of benzene rings is 2. The third-order valence-corrected chi connectivity index (χ3v) is 5.26. The second-order valence-electron chi connectivity index (χ2n) is 7.27. The standard InChI is InChI=1S/C24H22N4O4/c1-16(22(29)26-15-17-7-6-12-25-14-17)27-21-11-4-3-10-20(21)23(30)28(24(27)31)18-8-5-9-19(13-18)32-2/h3-14,16H,15H2,1-2H3,(H,26,29). The van der Waals surface area contributed by atoms with Gasteiger partial charge >= 0.3 is 5.69 Å². The zero-order chi connectivity index (χ0) is 22.7. The third-order valence-electron chi connectivity index (χ3n) is 5.26. The van der Waals surface area contributed by atoms with Crippen molar-refractivity contribution in [2.24, 2.45) is 0 Å². The predicted molar refractivity (Wildman–Crippen MR) is 121 cm³/mol. The largest absolute Gasteiger partial charge is 0.497 e. The van der Waals surface area contributed by atoms with Crippen LogP contribution in [0.25, 0.3) is 16.6 Å². The molecular formula is C24H22N4O4. The Kier molecular flexibility index (Phi) is 5.85. The topological polar surface area (TPSA) is 95.2 Å². The second-order valence-corrected chi connectivity index (χ2v) is 7.27. The van der Waals surface area contributed by atoms with Crippen LogP contribution in [0.5, 0.6) is 5.75 Å². The van der Waals surface area contributed by atoms with E-state index in [0.717, 1.165) is 10.1 Å². The van der Waals surface area contributed by atoms with Gasteiger partial charge in [0.15, 0.2) is 0 Å². The summed E-state index contributed by atoms with van der Waals surface area (Å²) in [7, 11) is 1.51. The molecule has 162 valence electrons. The number of hydrogen-bond donors (Lipinski definition) is 1. The van der Waals surface area contributed by atoms with E-state index in [0.29, 0.717) is 22.3 Å². The first kappa shape index (κ1) is 21.0. The van der Waals surface area contributed by atoms with E-state index >= 15 is 0 Å². The SMILES string of the molecule is COc1cccc(-n2c(=O)c3ccccc3n(C(C)C(=O)NCc3cccnc3)c2=O)c1. The zero-order valence-electron chi connectivity index (χ0n) is 17.7. The molecule has 8 nitrogen and oxygen atoms in total. The van der Waals surface area contributed by atoms with Gasteiger partial charge in [0.2, 0.25) is 5.91 Å². The van der Waals surface area contributed by atoms with Gasteiger partial charge in [0.1, 0.15) is 11.8 Å². The summed E-state index contributed by atoms with van der Waals surface area (Å²) in [5.41, 5.74) is 0.531. The van der Waals surface area contributed by atoms with Crippen LogP contribution in [0.2, 0.25) is 0 Å². The highest BCUT2D eigenvalue weighted by molar-refractivity contribution is 5.84. The number of nitrogens with one attached hydrogen (secondary N) is 1. The molecule has 1 N–H and O–H groups in total. The number of methoxy groups -OCH3 is 1. The molecule has 1 atom stereocenters. The smallest absolute Gasteiger partial charge is 0.336 e. The van der Waals surface area contributed by atoms with Crippen molar-refractivity contribution in [1.82, 2.24) is 19.4 Å². The molecule has 2 aromatic heterocycles. The molecule has 32 heavy (non-hydrogen) atoms. The van der Waals surface area contributed by atoms with Crippen molar-refractivity contribution in [3.63, 3.8) is 0 Å². The molecule has 1 amide bonds. The highest BCUT2D eigenvalue weighted by Gasteiger charge is 2.22. The summed E-state index contributed by atoms with van der Waals surface area (Å²) in [6.07, 6.45) is 3.32. The van der Waals surface area contributed by atoms with E-state index in [1.54, 1.807) is 73.9 Å². The number of rotatable bonds is 6. The highest BCUT2D eigenvalue weighted by Crippen LogP contribution is 2.17. The van der Waals surface area contributed by atoms with Gasteiger partial charge in [0.05, 0.1) is 23.7 Å². The van der Waals surface area contributed by atoms with Gasteiger partial charge in [-0.05, 0) is 42.8 Å². The van der Waals surface area contributed by atoms with E-state index in [2.05, 4.69) is 10.3 Å². The van der Waals surface area contributed by atoms with Gasteiger partial charge in [-0.2, -0.15) is 0 Å². The fourth-order valence-electron chi connectivity index (χ4n) is 3.59. The number of carbonyl (C=O) groups excluding carboxylic acids is 1. The first-order valence-corrected chi connectivity index (χ1v) is 10.1. The van der Waals surface area contributed by atoms with E-state index in [-0.39, 0.29) is 12.5 Å². The molecule has 1 unspecified atom stereocenters. The number of amides is 1. The lowest BCUT2D eigenvalue weighted by atomic mass is 10.2. The Labute approximate surface area is 183 Å². The summed E-state index contributed by atoms with van der Waals surface area (Å²) in [4.78, 5) is 43.7. The van der Waals surface area contributed by atoms with E-state index in [4.69, 9.17) is 4.74 Å². The first-order valence-electron chi connectivity index (χ1n) is 10.1. The monoisotopic (exact) mass is 430 g/mol. The summed E-state index contributed by atoms with van der Waals surface area (Å²) < 4.78 is 7.65. The molecule has 2 aromatic carbocycles. The summed E-state index contributed by atoms with van der Waals surface area (Å²) in [6, 6.07) is 16.2. The Hall–Kier alpha value is -4.20. The van der Waals surface area contributed by atoms with Crippen molar-refractivity contribution in [3.8, 4) is 11.4 Å². The number of carbonyl (C=O) groups is 1. The average molecular weight is 430 g/mol. The van der Waals surface area contributed by atoms with Crippen LogP contribution in [-0.4, -0.2) is 27.1 Å². The van der Waals surface area contributed by atoms with Crippen LogP contribution in [0, 0.1) is 0 Å². The number of hydrogen-bond acceptors (Lipinski definition) is 5. The minimum atomic E-state index is -0.860. The fourth-order valence-corrected chi connectivity index (χ4v) is 3.59. The number of fused-ring (bicyclic) bond motifs is 1. The normalized spacial score (nSPS) is 11.8. The number of aromatic nitrogens is 3. The quantitative estimate of drug-likeness (QED) is 0.507. The van der Waals surface area contributed by atoms with Crippen molar-refractivity contribution < 1.29 is 9.53 Å². The lowest BCUT2D eigenvalue weighted by molar-refractivity contribution is -0.124. The molecule has 8 heteroatoms. The molecule has 2 heterocycles. The lowest BCUT2D eigenvalue weighted by Crippen LogP contribution is -2.43. The maximum Gasteiger partial charge on any atom is 0.336 e. The molecular weight excluding hydrogens is 408 g/mol. The zero-order valence-corrected chi connectivity index (χ0v) is 17.7. The molecule has 0 aliphatic rings. The summed E-state index contributed by atoms with van der Waals surface area (Å²) in [5.74, 6) is 0.160. The maximum atomic E-state index is 13.5. The van der Waals surface area contributed by atoms with Gasteiger partial charge in [-0.1, -0.05) is 24.3 Å². The van der Waals surface area contributed by atoms with Crippen molar-refractivity contribution in [2.45, 2.75) is 19.5 Å². The average Bonchev–Trinajstić information content (AvgIpc) is 2.83. The molecule has 0 fully saturated rings. The molecule has 4 aromatic rings. The number of nitrogens with zero attached hydrogens (tertiary/aromatic N) is 3. The predicted octanol–water partition coefficient (Wildman–Crippen LogP) is 2.43. The maximum absolute atomic E-state index is 13.5. The number of ether oxygens (including phenoxy) is 1. The van der Waals surface area contributed by atoms with Gasteiger partial charge in [0.25, 0.3) is 5.56 Å². The van der Waals surface area contributed by atoms with Crippen molar-refractivity contribution in [1.29, 1.82) is 0 Å². The van der Waals surface area contributed by atoms with E-state index in [1.165, 1.54) is 11.7 Å². The van der Waals surface area contributed by atoms with Crippen LogP contribution >= 0.6 is 0 Å². The first-order chi connectivity index (χ1) is 15.5. The van der Waals surface area contributed by atoms with Gasteiger partial charge in [-0.25, -0.2) is 9.36 Å². The van der Waals surface area contributed by atoms with Crippen molar-refractivity contribution >= 4 is 16.8 Å².